The predicted molar refractivity (Wildman–Crippen MR) is 216 cm³/mol. The van der Waals surface area contributed by atoms with Gasteiger partial charge in [0.15, 0.2) is 5.82 Å². The van der Waals surface area contributed by atoms with Gasteiger partial charge in [-0.05, 0) is 61.4 Å². The third-order valence-electron chi connectivity index (χ3n) is 11.3. The molecular formula is C42H67N4O9P. The maximum atomic E-state index is 13.1. The molecular weight excluding hydrogens is 735 g/mol. The molecule has 1 fully saturated rings. The Bertz CT molecular complexity index is 1660. The molecule has 3 aromatic rings. The molecule has 2 aliphatic rings. The number of benzene rings is 1. The van der Waals surface area contributed by atoms with Crippen LogP contribution in [0.4, 0.5) is 5.82 Å². The molecule has 0 saturated carbocycles. The summed E-state index contributed by atoms with van der Waals surface area (Å²) in [6.07, 6.45) is 19.4. The molecule has 13 nitrogen and oxygen atoms in total. The van der Waals surface area contributed by atoms with E-state index >= 15 is 0 Å². The lowest BCUT2D eigenvalue weighted by Gasteiger charge is -2.27. The van der Waals surface area contributed by atoms with Crippen molar-refractivity contribution in [1.82, 2.24) is 14.6 Å². The first-order valence-electron chi connectivity index (χ1n) is 21.2. The molecule has 0 radical (unpaired) electrons. The van der Waals surface area contributed by atoms with Crippen LogP contribution in [0.2, 0.25) is 0 Å². The number of rotatable bonds is 28. The monoisotopic (exact) mass is 802 g/mol. The van der Waals surface area contributed by atoms with Crippen LogP contribution >= 0.6 is 7.82 Å². The number of nitrogen functional groups attached to an aromatic ring is 1. The van der Waals surface area contributed by atoms with Gasteiger partial charge >= 0.3 is 7.82 Å². The molecule has 2 aromatic heterocycles. The summed E-state index contributed by atoms with van der Waals surface area (Å²) in [5.74, 6) is 0.242. The van der Waals surface area contributed by atoms with Gasteiger partial charge in [-0.2, -0.15) is 5.10 Å². The van der Waals surface area contributed by atoms with Crippen LogP contribution in [0, 0.1) is 0 Å². The summed E-state index contributed by atoms with van der Waals surface area (Å²) in [5.41, 5.74) is 9.22. The SMILES string of the molecule is CCCCCCCCCCCCCCCCCOC[C@H](COP(=O)(O)OC[C@H]1O[C@@](C)(c2ccc3c(N)ncnn23)[C@H](O)[C@@H]1O)OCc1ccc2c(c1)CCC2. The molecule has 0 spiro atoms. The van der Waals surface area contributed by atoms with Crippen molar-refractivity contribution in [2.75, 3.05) is 32.2 Å². The molecule has 56 heavy (non-hydrogen) atoms. The summed E-state index contributed by atoms with van der Waals surface area (Å²) in [7, 11) is -4.63. The van der Waals surface area contributed by atoms with Gasteiger partial charge in [-0.25, -0.2) is 14.1 Å². The fourth-order valence-corrected chi connectivity index (χ4v) is 8.67. The number of ether oxygens (including phenoxy) is 3. The Kier molecular flexibility index (Phi) is 18.0. The summed E-state index contributed by atoms with van der Waals surface area (Å²) in [4.78, 5) is 14.6. The number of hydrogen-bond donors (Lipinski definition) is 4. The van der Waals surface area contributed by atoms with Crippen molar-refractivity contribution in [3.63, 3.8) is 0 Å². The average molecular weight is 803 g/mol. The Labute approximate surface area is 333 Å². The van der Waals surface area contributed by atoms with Crippen molar-refractivity contribution in [3.8, 4) is 0 Å². The van der Waals surface area contributed by atoms with E-state index in [2.05, 4.69) is 35.2 Å². The lowest BCUT2D eigenvalue weighted by atomic mass is 9.93. The number of anilines is 1. The number of fused-ring (bicyclic) bond motifs is 2. The normalized spacial score (nSPS) is 22.5. The maximum absolute atomic E-state index is 13.1. The number of hydrogen-bond acceptors (Lipinski definition) is 11. The summed E-state index contributed by atoms with van der Waals surface area (Å²) in [6.45, 7) is 4.17. The minimum atomic E-state index is -4.63. The Balaban J connectivity index is 1.03. The topological polar surface area (TPSA) is 180 Å². The highest BCUT2D eigenvalue weighted by molar-refractivity contribution is 7.47. The van der Waals surface area contributed by atoms with Gasteiger partial charge in [0, 0.05) is 6.61 Å². The van der Waals surface area contributed by atoms with E-state index in [0.717, 1.165) is 37.7 Å². The molecule has 0 bridgehead atoms. The molecule has 1 aliphatic carbocycles. The van der Waals surface area contributed by atoms with Gasteiger partial charge < -0.3 is 35.1 Å². The molecule has 5 N–H and O–H groups in total. The molecule has 3 heterocycles. The quantitative estimate of drug-likeness (QED) is 0.0415. The van der Waals surface area contributed by atoms with E-state index in [0.29, 0.717) is 24.4 Å². The second kappa shape index (κ2) is 22.6. The number of aliphatic hydroxyl groups excluding tert-OH is 2. The van der Waals surface area contributed by atoms with Gasteiger partial charge in [-0.1, -0.05) is 115 Å². The van der Waals surface area contributed by atoms with E-state index in [-0.39, 0.29) is 19.0 Å². The van der Waals surface area contributed by atoms with Gasteiger partial charge in [-0.15, -0.1) is 0 Å². The highest BCUT2D eigenvalue weighted by atomic mass is 31.2. The lowest BCUT2D eigenvalue weighted by molar-refractivity contribution is -0.0901. The van der Waals surface area contributed by atoms with Gasteiger partial charge in [0.1, 0.15) is 41.9 Å². The van der Waals surface area contributed by atoms with E-state index in [1.165, 1.54) is 105 Å². The first-order chi connectivity index (χ1) is 27.1. The standard InChI is InChI=1S/C42H67N4O9P/c1-3-4-5-6-7-8-9-10-11-12-13-14-15-16-17-25-51-28-35(52-27-32-21-22-33-19-18-20-34(33)26-32)29-53-56(49,50)54-30-37-39(47)40(48)42(2,55-37)38-24-23-36-41(43)44-31-45-46(36)38/h21-24,26,31,35,37,39-40,47-48H,3-20,25,27-30H2,1-2H3,(H,49,50)(H2,43,44,45)/t35-,37-,39-,40-,42+/m1/s1. The van der Waals surface area contributed by atoms with Crippen LogP contribution in [-0.4, -0.2) is 80.5 Å². The van der Waals surface area contributed by atoms with E-state index in [4.69, 9.17) is 29.0 Å². The molecule has 1 aliphatic heterocycles. The number of unbranched alkanes of at least 4 members (excludes halogenated alkanes) is 14. The summed E-state index contributed by atoms with van der Waals surface area (Å²) >= 11 is 0. The molecule has 1 aromatic carbocycles. The van der Waals surface area contributed by atoms with E-state index in [1.54, 1.807) is 19.1 Å². The molecule has 5 rings (SSSR count). The fraction of sp³-hybridized carbons (Fsp3) is 0.714. The van der Waals surface area contributed by atoms with Crippen molar-refractivity contribution in [1.29, 1.82) is 0 Å². The van der Waals surface area contributed by atoms with Gasteiger partial charge in [0.05, 0.1) is 32.1 Å². The highest BCUT2D eigenvalue weighted by Crippen LogP contribution is 2.46. The summed E-state index contributed by atoms with van der Waals surface area (Å²) in [5, 5.41) is 26.1. The summed E-state index contributed by atoms with van der Waals surface area (Å²) < 4.78 is 43.5. The first-order valence-corrected chi connectivity index (χ1v) is 22.7. The Hall–Kier alpha value is -2.45. The predicted octanol–water partition coefficient (Wildman–Crippen LogP) is 7.74. The molecule has 1 saturated heterocycles. The minimum absolute atomic E-state index is 0.192. The van der Waals surface area contributed by atoms with Crippen LogP contribution < -0.4 is 5.73 Å². The molecule has 14 heteroatoms. The molecule has 1 unspecified atom stereocenters. The molecule has 314 valence electrons. The van der Waals surface area contributed by atoms with E-state index in [1.807, 2.05) is 0 Å². The number of aryl methyl sites for hydroxylation is 2. The van der Waals surface area contributed by atoms with Gasteiger partial charge in [-0.3, -0.25) is 9.05 Å². The van der Waals surface area contributed by atoms with Crippen LogP contribution in [0.1, 0.15) is 139 Å². The highest BCUT2D eigenvalue weighted by Gasteiger charge is 2.54. The van der Waals surface area contributed by atoms with Gasteiger partial charge in [0.25, 0.3) is 0 Å². The molecule has 0 amide bonds. The largest absolute Gasteiger partial charge is 0.472 e. The number of phosphoric acid groups is 1. The zero-order valence-electron chi connectivity index (χ0n) is 33.7. The minimum Gasteiger partial charge on any atom is -0.387 e. The lowest BCUT2D eigenvalue weighted by Crippen LogP contribution is -2.39. The van der Waals surface area contributed by atoms with E-state index < -0.39 is 44.4 Å². The maximum Gasteiger partial charge on any atom is 0.472 e. The number of aromatic nitrogens is 3. The van der Waals surface area contributed by atoms with Crippen molar-refractivity contribution < 1.29 is 42.9 Å². The Morgan fingerprint density at radius 2 is 1.57 bits per heavy atom. The second-order valence-corrected chi connectivity index (χ2v) is 17.3. The Morgan fingerprint density at radius 3 is 2.27 bits per heavy atom. The third-order valence-corrected chi connectivity index (χ3v) is 12.3. The first kappa shape index (κ1) is 44.6. The van der Waals surface area contributed by atoms with Crippen molar-refractivity contribution in [2.24, 2.45) is 0 Å². The smallest absolute Gasteiger partial charge is 0.387 e. The summed E-state index contributed by atoms with van der Waals surface area (Å²) in [6, 6.07) is 9.74. The van der Waals surface area contributed by atoms with Crippen molar-refractivity contribution in [3.05, 3.63) is 59.0 Å². The van der Waals surface area contributed by atoms with Crippen molar-refractivity contribution in [2.45, 2.75) is 166 Å². The average Bonchev–Trinajstić information content (AvgIpc) is 3.91. The van der Waals surface area contributed by atoms with E-state index in [9.17, 15) is 19.7 Å². The second-order valence-electron chi connectivity index (χ2n) is 15.8. The fourth-order valence-electron chi connectivity index (χ4n) is 7.90. The third kappa shape index (κ3) is 13.0. The van der Waals surface area contributed by atoms with Crippen LogP contribution in [0.15, 0.2) is 36.7 Å². The van der Waals surface area contributed by atoms with Gasteiger partial charge in [0.2, 0.25) is 0 Å². The number of phosphoric ester groups is 1. The van der Waals surface area contributed by atoms with Crippen molar-refractivity contribution >= 4 is 19.2 Å². The Morgan fingerprint density at radius 1 is 0.911 bits per heavy atom. The zero-order valence-corrected chi connectivity index (χ0v) is 34.6. The van der Waals surface area contributed by atoms with Crippen LogP contribution in [0.3, 0.4) is 0 Å². The number of aliphatic hydroxyl groups is 2. The van der Waals surface area contributed by atoms with Crippen LogP contribution in [-0.2, 0) is 52.9 Å². The molecule has 6 atom stereocenters. The number of nitrogens with zero attached hydrogens (tertiary/aromatic N) is 3. The number of nitrogens with two attached hydrogens (primary N) is 1. The van der Waals surface area contributed by atoms with Crippen LogP contribution in [0.5, 0.6) is 0 Å². The van der Waals surface area contributed by atoms with Crippen LogP contribution in [0.25, 0.3) is 5.52 Å². The zero-order chi connectivity index (χ0) is 39.8.